The molecule has 17 heteroatoms. The predicted octanol–water partition coefficient (Wildman–Crippen LogP) is 4.76. The van der Waals surface area contributed by atoms with Gasteiger partial charge in [-0.25, -0.2) is 4.79 Å². The molecule has 1 aliphatic heterocycles. The van der Waals surface area contributed by atoms with Crippen LogP contribution in [0.25, 0.3) is 0 Å². The fraction of sp³-hybridized carbons (Fsp3) is 0.214. The topological polar surface area (TPSA) is 174 Å². The van der Waals surface area contributed by atoms with E-state index in [2.05, 4.69) is 32.7 Å². The van der Waals surface area contributed by atoms with Gasteiger partial charge in [0.15, 0.2) is 0 Å². The molecule has 238 valence electrons. The van der Waals surface area contributed by atoms with Crippen molar-refractivity contribution in [3.8, 4) is 0 Å². The number of aliphatic carboxylic acids is 1. The van der Waals surface area contributed by atoms with Crippen LogP contribution in [-0.4, -0.2) is 75.1 Å². The third-order valence-electron chi connectivity index (χ3n) is 6.23. The molecule has 12 nitrogen and oxygen atoms in total. The van der Waals surface area contributed by atoms with E-state index in [4.69, 9.17) is 33.1 Å². The van der Waals surface area contributed by atoms with Crippen LogP contribution < -0.4 is 16.0 Å². The Morgan fingerprint density at radius 2 is 1.60 bits per heavy atom. The monoisotopic (exact) mass is 668 g/mol. The summed E-state index contributed by atoms with van der Waals surface area (Å²) >= 11 is 12.2. The zero-order chi connectivity index (χ0) is 33.3. The number of carboxylic acids is 1. The Balaban J connectivity index is 0.000000707. The summed E-state index contributed by atoms with van der Waals surface area (Å²) in [5, 5.41) is 22.2. The van der Waals surface area contributed by atoms with E-state index in [0.29, 0.717) is 37.2 Å². The van der Waals surface area contributed by atoms with Crippen molar-refractivity contribution in [1.82, 2.24) is 20.4 Å². The first-order valence-corrected chi connectivity index (χ1v) is 13.7. The minimum absolute atomic E-state index is 0.0819. The number of nitrogens with zero attached hydrogens (tertiary/aromatic N) is 2. The first-order valence-electron chi connectivity index (χ1n) is 12.9. The number of anilines is 2. The van der Waals surface area contributed by atoms with E-state index in [1.54, 1.807) is 47.4 Å². The standard InChI is InChI=1S/C26H24Cl2N6O4.C2HF3O2/c1-2-21(35)30-17-6-3-5-15(13-17)26(38)34-11-9-16(10-12-34)31-25(37)23-20(14-29-33-23)32-24(36)22-18(27)7-4-8-19(22)28;3-2(4,5)1(6)7/h2-8,13-14,16H,1,9-12H2,(H,29,33)(H,30,35)(H,31,37)(H,32,36);(H,6,7). The summed E-state index contributed by atoms with van der Waals surface area (Å²) in [5.41, 5.74) is 1.31. The van der Waals surface area contributed by atoms with Crippen molar-refractivity contribution < 1.29 is 42.3 Å². The van der Waals surface area contributed by atoms with Gasteiger partial charge < -0.3 is 26.0 Å². The summed E-state index contributed by atoms with van der Waals surface area (Å²) in [6.07, 6.45) is -1.53. The Labute approximate surface area is 263 Å². The molecule has 0 spiro atoms. The number of alkyl halides is 3. The lowest BCUT2D eigenvalue weighted by Gasteiger charge is -2.32. The van der Waals surface area contributed by atoms with Crippen molar-refractivity contribution in [2.45, 2.75) is 25.1 Å². The molecule has 0 atom stereocenters. The Morgan fingerprint density at radius 3 is 2.18 bits per heavy atom. The van der Waals surface area contributed by atoms with Gasteiger partial charge in [-0.3, -0.25) is 24.3 Å². The van der Waals surface area contributed by atoms with Gasteiger partial charge in [-0.05, 0) is 49.2 Å². The second kappa shape index (κ2) is 15.2. The van der Waals surface area contributed by atoms with E-state index in [-0.39, 0.29) is 44.8 Å². The number of aromatic amines is 1. The quantitative estimate of drug-likeness (QED) is 0.226. The molecular weight excluding hydrogens is 644 g/mol. The number of benzene rings is 2. The number of carbonyl (C=O) groups excluding carboxylic acids is 4. The van der Waals surface area contributed by atoms with Crippen LogP contribution in [0.3, 0.4) is 0 Å². The van der Waals surface area contributed by atoms with Crippen LogP contribution in [-0.2, 0) is 9.59 Å². The average Bonchev–Trinajstić information content (AvgIpc) is 3.45. The molecule has 3 aromatic rings. The molecule has 0 saturated carbocycles. The SMILES string of the molecule is C=CC(=O)Nc1cccc(C(=O)N2CCC(NC(=O)c3[nH]ncc3NC(=O)c3c(Cl)cccc3Cl)CC2)c1.O=C(O)C(F)(F)F. The zero-order valence-corrected chi connectivity index (χ0v) is 24.6. The fourth-order valence-corrected chi connectivity index (χ4v) is 4.61. The van der Waals surface area contributed by atoms with Crippen molar-refractivity contribution in [2.24, 2.45) is 0 Å². The van der Waals surface area contributed by atoms with Gasteiger partial charge in [0.1, 0.15) is 5.69 Å². The number of amides is 4. The van der Waals surface area contributed by atoms with Gasteiger partial charge in [-0.2, -0.15) is 18.3 Å². The number of H-pyrrole nitrogens is 1. The minimum Gasteiger partial charge on any atom is -0.475 e. The Hall–Kier alpha value is -4.89. The van der Waals surface area contributed by atoms with Crippen molar-refractivity contribution in [2.75, 3.05) is 23.7 Å². The highest BCUT2D eigenvalue weighted by Crippen LogP contribution is 2.26. The van der Waals surface area contributed by atoms with E-state index >= 15 is 0 Å². The Bertz CT molecular complexity index is 1590. The van der Waals surface area contributed by atoms with Gasteiger partial charge in [-0.1, -0.05) is 41.9 Å². The summed E-state index contributed by atoms with van der Waals surface area (Å²) in [7, 11) is 0. The molecule has 0 aliphatic carbocycles. The molecule has 0 bridgehead atoms. The number of hydrogen-bond acceptors (Lipinski definition) is 6. The molecule has 2 heterocycles. The van der Waals surface area contributed by atoms with Crippen LogP contribution >= 0.6 is 23.2 Å². The summed E-state index contributed by atoms with van der Waals surface area (Å²) in [6, 6.07) is 11.2. The third kappa shape index (κ3) is 9.55. The molecule has 5 N–H and O–H groups in total. The zero-order valence-electron chi connectivity index (χ0n) is 23.1. The molecule has 0 unspecified atom stereocenters. The van der Waals surface area contributed by atoms with E-state index in [1.165, 1.54) is 6.20 Å². The van der Waals surface area contributed by atoms with Gasteiger partial charge in [0.2, 0.25) is 5.91 Å². The fourth-order valence-electron chi connectivity index (χ4n) is 4.04. The number of likely N-dealkylation sites (tertiary alicyclic amines) is 1. The van der Waals surface area contributed by atoms with Gasteiger partial charge in [-0.15, -0.1) is 0 Å². The van der Waals surface area contributed by atoms with E-state index in [0.717, 1.165) is 6.08 Å². The first kappa shape index (κ1) is 34.6. The number of aromatic nitrogens is 2. The van der Waals surface area contributed by atoms with Crippen LogP contribution in [0.5, 0.6) is 0 Å². The smallest absolute Gasteiger partial charge is 0.475 e. The maximum atomic E-state index is 13.0. The van der Waals surface area contributed by atoms with Crippen molar-refractivity contribution in [1.29, 1.82) is 0 Å². The van der Waals surface area contributed by atoms with Crippen LogP contribution in [0.1, 0.15) is 44.0 Å². The average molecular weight is 669 g/mol. The van der Waals surface area contributed by atoms with Crippen LogP contribution in [0, 0.1) is 0 Å². The maximum absolute atomic E-state index is 13.0. The van der Waals surface area contributed by atoms with E-state index < -0.39 is 24.0 Å². The molecule has 1 aliphatic rings. The molecule has 4 amide bonds. The molecular formula is C28H25Cl2F3N6O6. The lowest BCUT2D eigenvalue weighted by atomic mass is 10.0. The van der Waals surface area contributed by atoms with Gasteiger partial charge in [0, 0.05) is 30.4 Å². The maximum Gasteiger partial charge on any atom is 0.490 e. The molecule has 2 aromatic carbocycles. The van der Waals surface area contributed by atoms with Crippen LogP contribution in [0.15, 0.2) is 61.3 Å². The third-order valence-corrected chi connectivity index (χ3v) is 6.86. The second-order valence-corrected chi connectivity index (χ2v) is 10.1. The normalized spacial score (nSPS) is 13.1. The second-order valence-electron chi connectivity index (χ2n) is 9.33. The molecule has 0 radical (unpaired) electrons. The summed E-state index contributed by atoms with van der Waals surface area (Å²) < 4.78 is 31.7. The predicted molar refractivity (Wildman–Crippen MR) is 158 cm³/mol. The summed E-state index contributed by atoms with van der Waals surface area (Å²) in [4.78, 5) is 60.7. The lowest BCUT2D eigenvalue weighted by molar-refractivity contribution is -0.192. The highest BCUT2D eigenvalue weighted by molar-refractivity contribution is 6.40. The van der Waals surface area contributed by atoms with E-state index in [9.17, 15) is 32.3 Å². The number of piperidine rings is 1. The number of carboxylic acid groups (broad SMARTS) is 1. The summed E-state index contributed by atoms with van der Waals surface area (Å²) in [6.45, 7) is 4.29. The highest BCUT2D eigenvalue weighted by Gasteiger charge is 2.38. The highest BCUT2D eigenvalue weighted by atomic mass is 35.5. The number of nitrogens with one attached hydrogen (secondary N) is 4. The first-order chi connectivity index (χ1) is 21.2. The van der Waals surface area contributed by atoms with Crippen LogP contribution in [0.2, 0.25) is 10.0 Å². The minimum atomic E-state index is -5.08. The number of halogens is 5. The van der Waals surface area contributed by atoms with Gasteiger partial charge >= 0.3 is 12.1 Å². The number of hydrogen-bond donors (Lipinski definition) is 5. The molecule has 1 aromatic heterocycles. The largest absolute Gasteiger partial charge is 0.490 e. The van der Waals surface area contributed by atoms with Gasteiger partial charge in [0.05, 0.1) is 27.5 Å². The van der Waals surface area contributed by atoms with Crippen molar-refractivity contribution >= 4 is 64.2 Å². The Kier molecular flexibility index (Phi) is 11.7. The number of rotatable bonds is 7. The van der Waals surface area contributed by atoms with Gasteiger partial charge in [0.25, 0.3) is 17.7 Å². The van der Waals surface area contributed by atoms with Crippen molar-refractivity contribution in [3.63, 3.8) is 0 Å². The molecule has 4 rings (SSSR count). The summed E-state index contributed by atoms with van der Waals surface area (Å²) in [5.74, 6) is -4.30. The van der Waals surface area contributed by atoms with Crippen molar-refractivity contribution in [3.05, 3.63) is 88.2 Å². The number of carbonyl (C=O) groups is 5. The van der Waals surface area contributed by atoms with Crippen LogP contribution in [0.4, 0.5) is 24.5 Å². The molecule has 1 fully saturated rings. The lowest BCUT2D eigenvalue weighted by Crippen LogP contribution is -2.46. The molecule has 1 saturated heterocycles. The molecule has 45 heavy (non-hydrogen) atoms. The Morgan fingerprint density at radius 1 is 1.00 bits per heavy atom. The van der Waals surface area contributed by atoms with E-state index in [1.807, 2.05) is 0 Å².